The van der Waals surface area contributed by atoms with E-state index in [1.165, 1.54) is 13.8 Å². The first-order valence-corrected chi connectivity index (χ1v) is 15.7. The van der Waals surface area contributed by atoms with Crippen LogP contribution >= 0.6 is 0 Å². The average Bonchev–Trinajstić information content (AvgIpc) is 2.91. The van der Waals surface area contributed by atoms with Crippen molar-refractivity contribution in [2.45, 2.75) is 160 Å². The standard InChI is InChI=1S/C31H60N2O9/c1-12-14-33-17(3)16-30(8,38)27(42-29-25(35)22(32(10)11)15-18(4)40-29)19(5)24(34)20(6)28(37)41-23(13-2)31(9,39)26(36)21(33)7/h17-27,29,34-36,38-39H,12-16H2,1-11H3/t17-,18-,19+,20-,21-,22+,23-,24+,25-,26-,27-,29?,30-,31-/m1/s1. The minimum absolute atomic E-state index is 0.180. The summed E-state index contributed by atoms with van der Waals surface area (Å²) in [5.74, 6) is -2.55. The number of carbonyl (C=O) groups is 1. The van der Waals surface area contributed by atoms with E-state index in [1.54, 1.807) is 20.8 Å². The number of hydrogen-bond donors (Lipinski definition) is 5. The van der Waals surface area contributed by atoms with Gasteiger partial charge in [0.1, 0.15) is 23.9 Å². The maximum Gasteiger partial charge on any atom is 0.311 e. The largest absolute Gasteiger partial charge is 0.459 e. The summed E-state index contributed by atoms with van der Waals surface area (Å²) >= 11 is 0. The Morgan fingerprint density at radius 2 is 1.62 bits per heavy atom. The molecule has 2 heterocycles. The van der Waals surface area contributed by atoms with Crippen LogP contribution in [-0.2, 0) is 19.0 Å². The van der Waals surface area contributed by atoms with Crippen molar-refractivity contribution in [3.8, 4) is 0 Å². The fraction of sp³-hybridized carbons (Fsp3) is 0.968. The van der Waals surface area contributed by atoms with Crippen molar-refractivity contribution in [3.05, 3.63) is 0 Å². The first kappa shape index (κ1) is 37.3. The Labute approximate surface area is 253 Å². The molecule has 0 aromatic rings. The third-order valence-electron chi connectivity index (χ3n) is 9.69. The van der Waals surface area contributed by atoms with Crippen LogP contribution < -0.4 is 0 Å². The van der Waals surface area contributed by atoms with Crippen LogP contribution in [0.4, 0.5) is 0 Å². The molecule has 0 amide bonds. The molecule has 0 spiro atoms. The van der Waals surface area contributed by atoms with Gasteiger partial charge in [0.15, 0.2) is 6.29 Å². The second-order valence-corrected chi connectivity index (χ2v) is 13.7. The number of esters is 1. The lowest BCUT2D eigenvalue weighted by Gasteiger charge is -2.49. The number of aliphatic hydroxyl groups excluding tert-OH is 3. The Bertz CT molecular complexity index is 856. The molecular formula is C31H60N2O9. The van der Waals surface area contributed by atoms with Crippen molar-refractivity contribution in [2.75, 3.05) is 20.6 Å². The monoisotopic (exact) mass is 604 g/mol. The molecule has 2 saturated heterocycles. The van der Waals surface area contributed by atoms with Gasteiger partial charge in [-0.25, -0.2) is 0 Å². The third-order valence-corrected chi connectivity index (χ3v) is 9.69. The number of ether oxygens (including phenoxy) is 3. The highest BCUT2D eigenvalue weighted by Gasteiger charge is 2.50. The van der Waals surface area contributed by atoms with Crippen LogP contribution in [0.3, 0.4) is 0 Å². The number of nitrogens with zero attached hydrogens (tertiary/aromatic N) is 2. The van der Waals surface area contributed by atoms with Crippen LogP contribution in [0.2, 0.25) is 0 Å². The van der Waals surface area contributed by atoms with Gasteiger partial charge in [-0.1, -0.05) is 20.8 Å². The van der Waals surface area contributed by atoms with Crippen molar-refractivity contribution < 1.29 is 44.5 Å². The van der Waals surface area contributed by atoms with E-state index in [2.05, 4.69) is 0 Å². The van der Waals surface area contributed by atoms with Gasteiger partial charge in [-0.05, 0) is 87.9 Å². The predicted molar refractivity (Wildman–Crippen MR) is 160 cm³/mol. The molecular weight excluding hydrogens is 544 g/mol. The average molecular weight is 605 g/mol. The molecule has 0 bridgehead atoms. The van der Waals surface area contributed by atoms with Crippen LogP contribution in [-0.4, -0.2) is 134 Å². The summed E-state index contributed by atoms with van der Waals surface area (Å²) in [5.41, 5.74) is -3.33. The van der Waals surface area contributed by atoms with Gasteiger partial charge >= 0.3 is 5.97 Å². The first-order valence-electron chi connectivity index (χ1n) is 15.7. The molecule has 2 rings (SSSR count). The Morgan fingerprint density at radius 3 is 2.14 bits per heavy atom. The van der Waals surface area contributed by atoms with Crippen molar-refractivity contribution in [3.63, 3.8) is 0 Å². The quantitative estimate of drug-likeness (QED) is 0.281. The van der Waals surface area contributed by atoms with Gasteiger partial charge in [0.2, 0.25) is 0 Å². The van der Waals surface area contributed by atoms with Crippen molar-refractivity contribution in [1.29, 1.82) is 0 Å². The Morgan fingerprint density at radius 1 is 1.02 bits per heavy atom. The summed E-state index contributed by atoms with van der Waals surface area (Å²) in [7, 11) is 3.75. The summed E-state index contributed by atoms with van der Waals surface area (Å²) in [5, 5.41) is 57.7. The molecule has 0 radical (unpaired) electrons. The lowest BCUT2D eigenvalue weighted by atomic mass is 9.78. The highest BCUT2D eigenvalue weighted by molar-refractivity contribution is 5.73. The summed E-state index contributed by atoms with van der Waals surface area (Å²) in [6.07, 6.45) is -5.15. The number of rotatable bonds is 6. The number of likely N-dealkylation sites (N-methyl/N-ethyl adjacent to an activating group) is 1. The highest BCUT2D eigenvalue weighted by atomic mass is 16.7. The Hall–Kier alpha value is -0.890. The predicted octanol–water partition coefficient (Wildman–Crippen LogP) is 1.51. The van der Waals surface area contributed by atoms with Crippen molar-refractivity contribution in [1.82, 2.24) is 9.80 Å². The lowest BCUT2D eigenvalue weighted by Crippen LogP contribution is -2.62. The lowest BCUT2D eigenvalue weighted by molar-refractivity contribution is -0.299. The zero-order chi connectivity index (χ0) is 32.3. The van der Waals surface area contributed by atoms with Crippen LogP contribution in [0, 0.1) is 11.8 Å². The van der Waals surface area contributed by atoms with E-state index in [9.17, 15) is 30.3 Å². The van der Waals surface area contributed by atoms with Crippen molar-refractivity contribution >= 4 is 5.97 Å². The van der Waals surface area contributed by atoms with Crippen LogP contribution in [0.15, 0.2) is 0 Å². The van der Waals surface area contributed by atoms with E-state index < -0.39 is 71.9 Å². The van der Waals surface area contributed by atoms with Crippen LogP contribution in [0.1, 0.15) is 88.0 Å². The molecule has 0 saturated carbocycles. The molecule has 2 fully saturated rings. The minimum Gasteiger partial charge on any atom is -0.459 e. The molecule has 14 atom stereocenters. The topological polar surface area (TPSA) is 152 Å². The zero-order valence-corrected chi connectivity index (χ0v) is 27.7. The molecule has 0 aromatic heterocycles. The zero-order valence-electron chi connectivity index (χ0n) is 27.7. The molecule has 0 aliphatic carbocycles. The van der Waals surface area contributed by atoms with Gasteiger partial charge < -0.3 is 44.6 Å². The number of hydrogen-bond acceptors (Lipinski definition) is 11. The molecule has 248 valence electrons. The number of aliphatic hydroxyl groups is 5. The molecule has 11 heteroatoms. The second kappa shape index (κ2) is 14.9. The molecule has 1 unspecified atom stereocenters. The Kier molecular flexibility index (Phi) is 13.3. The fourth-order valence-electron chi connectivity index (χ4n) is 7.05. The van der Waals surface area contributed by atoms with Gasteiger partial charge in [0.05, 0.1) is 29.8 Å². The van der Waals surface area contributed by atoms with Gasteiger partial charge in [0, 0.05) is 24.0 Å². The maximum atomic E-state index is 13.3. The molecule has 0 aromatic carbocycles. The number of carbonyl (C=O) groups excluding carboxylic acids is 1. The highest BCUT2D eigenvalue weighted by Crippen LogP contribution is 2.37. The maximum absolute atomic E-state index is 13.3. The summed E-state index contributed by atoms with van der Waals surface area (Å²) in [6.45, 7) is 16.4. The van der Waals surface area contributed by atoms with E-state index in [0.717, 1.165) is 6.42 Å². The summed E-state index contributed by atoms with van der Waals surface area (Å²) in [4.78, 5) is 17.3. The number of cyclic esters (lactones) is 1. The first-order chi connectivity index (χ1) is 19.3. The molecule has 5 N–H and O–H groups in total. The molecule has 11 nitrogen and oxygen atoms in total. The smallest absolute Gasteiger partial charge is 0.311 e. The van der Waals surface area contributed by atoms with Gasteiger partial charge in [-0.2, -0.15) is 0 Å². The summed E-state index contributed by atoms with van der Waals surface area (Å²) in [6, 6.07) is -1.08. The molecule has 2 aliphatic rings. The second-order valence-electron chi connectivity index (χ2n) is 13.7. The van der Waals surface area contributed by atoms with Crippen LogP contribution in [0.5, 0.6) is 0 Å². The fourth-order valence-corrected chi connectivity index (χ4v) is 7.05. The summed E-state index contributed by atoms with van der Waals surface area (Å²) < 4.78 is 18.2. The van der Waals surface area contributed by atoms with E-state index >= 15 is 0 Å². The van der Waals surface area contributed by atoms with E-state index in [1.807, 2.05) is 51.6 Å². The Balaban J connectivity index is 2.60. The third kappa shape index (κ3) is 8.22. The van der Waals surface area contributed by atoms with Crippen molar-refractivity contribution in [2.24, 2.45) is 11.8 Å². The molecule has 42 heavy (non-hydrogen) atoms. The van der Waals surface area contributed by atoms with Crippen LogP contribution in [0.25, 0.3) is 0 Å². The molecule has 2 aliphatic heterocycles. The van der Waals surface area contributed by atoms with Gasteiger partial charge in [0.25, 0.3) is 0 Å². The van der Waals surface area contributed by atoms with E-state index in [-0.39, 0.29) is 31.0 Å². The normalized spacial score (nSPS) is 47.2. The van der Waals surface area contributed by atoms with Gasteiger partial charge in [-0.3, -0.25) is 9.69 Å². The minimum atomic E-state index is -1.77. The van der Waals surface area contributed by atoms with E-state index in [0.29, 0.717) is 13.0 Å². The van der Waals surface area contributed by atoms with E-state index in [4.69, 9.17) is 14.2 Å². The SMILES string of the molecule is CCCN1[C@H](C)C[C@@](C)(O)[C@H](OC2O[C@H](C)C[C@H](N(C)C)[C@H]2O)[C@@H](C)[C@H](O)[C@@H](C)C(=O)O[C@H](CC)[C@@](C)(O)[C@H](O)[C@H]1C. The van der Waals surface area contributed by atoms with Gasteiger partial charge in [-0.15, -0.1) is 0 Å².